The Morgan fingerprint density at radius 2 is 2.20 bits per heavy atom. The van der Waals surface area contributed by atoms with Gasteiger partial charge in [0, 0.05) is 31.4 Å². The predicted molar refractivity (Wildman–Crippen MR) is 111 cm³/mol. The Labute approximate surface area is 173 Å². The van der Waals surface area contributed by atoms with Gasteiger partial charge in [-0.05, 0) is 31.5 Å². The van der Waals surface area contributed by atoms with Crippen molar-refractivity contribution in [2.24, 2.45) is 11.7 Å². The Kier molecular flexibility index (Phi) is 5.11. The molecule has 0 spiro atoms. The summed E-state index contributed by atoms with van der Waals surface area (Å²) in [4.78, 5) is 29.8. The van der Waals surface area contributed by atoms with Gasteiger partial charge in [-0.3, -0.25) is 9.59 Å². The Hall–Kier alpha value is -3.86. The van der Waals surface area contributed by atoms with Crippen LogP contribution in [0.5, 0.6) is 5.88 Å². The van der Waals surface area contributed by atoms with E-state index in [4.69, 9.17) is 10.5 Å². The molecule has 0 saturated carbocycles. The topological polar surface area (TPSA) is 103 Å². The molecule has 0 bridgehead atoms. The van der Waals surface area contributed by atoms with Crippen molar-refractivity contribution >= 4 is 22.7 Å². The smallest absolute Gasteiger partial charge is 0.269 e. The third-order valence-corrected chi connectivity index (χ3v) is 4.97. The first-order chi connectivity index (χ1) is 14.5. The van der Waals surface area contributed by atoms with Crippen molar-refractivity contribution in [1.29, 1.82) is 0 Å². The molecule has 0 radical (unpaired) electrons. The van der Waals surface area contributed by atoms with Crippen LogP contribution >= 0.6 is 0 Å². The number of fused-ring (bicyclic) bond motifs is 1. The monoisotopic (exact) mass is 403 g/mol. The second kappa shape index (κ2) is 7.87. The van der Waals surface area contributed by atoms with Crippen LogP contribution in [-0.2, 0) is 4.79 Å². The average molecular weight is 403 g/mol. The maximum absolute atomic E-state index is 12.1. The zero-order valence-electron chi connectivity index (χ0n) is 16.8. The van der Waals surface area contributed by atoms with Gasteiger partial charge in [-0.2, -0.15) is 5.10 Å². The number of primary amides is 1. The minimum absolute atomic E-state index is 0.0544. The highest BCUT2D eigenvalue weighted by Gasteiger charge is 2.27. The Balaban J connectivity index is 1.75. The van der Waals surface area contributed by atoms with Crippen molar-refractivity contribution in [2.75, 3.05) is 20.2 Å². The Bertz CT molecular complexity index is 1200. The highest BCUT2D eigenvalue weighted by Crippen LogP contribution is 2.25. The van der Waals surface area contributed by atoms with Crippen molar-refractivity contribution in [3.8, 4) is 23.4 Å². The number of nitrogens with zero attached hydrogens (tertiary/aromatic N) is 4. The Morgan fingerprint density at radius 3 is 2.90 bits per heavy atom. The lowest BCUT2D eigenvalue weighted by atomic mass is 10.1. The molecule has 1 aromatic carbocycles. The number of carbonyl (C=O) groups excluding carboxylic acids is 2. The lowest BCUT2D eigenvalue weighted by Gasteiger charge is -2.06. The van der Waals surface area contributed by atoms with Crippen molar-refractivity contribution in [1.82, 2.24) is 19.7 Å². The fraction of sp³-hybridized carbons (Fsp3) is 0.273. The van der Waals surface area contributed by atoms with Gasteiger partial charge < -0.3 is 15.4 Å². The van der Waals surface area contributed by atoms with Crippen LogP contribution in [0.15, 0.2) is 36.5 Å². The van der Waals surface area contributed by atoms with Gasteiger partial charge >= 0.3 is 0 Å². The molecule has 1 atom stereocenters. The van der Waals surface area contributed by atoms with Crippen LogP contribution in [0.3, 0.4) is 0 Å². The number of aromatic nitrogens is 3. The third-order valence-electron chi connectivity index (χ3n) is 4.97. The van der Waals surface area contributed by atoms with Crippen LogP contribution in [0.1, 0.15) is 29.4 Å². The van der Waals surface area contributed by atoms with E-state index in [1.165, 1.54) is 6.20 Å². The van der Waals surface area contributed by atoms with Gasteiger partial charge in [0.15, 0.2) is 5.69 Å². The van der Waals surface area contributed by atoms with E-state index in [9.17, 15) is 9.59 Å². The summed E-state index contributed by atoms with van der Waals surface area (Å²) in [5, 5.41) is 4.94. The lowest BCUT2D eigenvalue weighted by Crippen LogP contribution is -2.21. The van der Waals surface area contributed by atoms with Crippen molar-refractivity contribution < 1.29 is 14.3 Å². The fourth-order valence-corrected chi connectivity index (χ4v) is 3.44. The number of carbonyl (C=O) groups is 2. The first-order valence-corrected chi connectivity index (χ1v) is 9.66. The summed E-state index contributed by atoms with van der Waals surface area (Å²) in [7, 11) is 1.79. The summed E-state index contributed by atoms with van der Waals surface area (Å²) in [5.41, 5.74) is 7.76. The zero-order chi connectivity index (χ0) is 21.3. The summed E-state index contributed by atoms with van der Waals surface area (Å²) in [6, 6.07) is 9.16. The second-order valence-electron chi connectivity index (χ2n) is 7.02. The van der Waals surface area contributed by atoms with Crippen LogP contribution in [0, 0.1) is 17.8 Å². The van der Waals surface area contributed by atoms with Crippen molar-refractivity contribution in [3.05, 3.63) is 47.8 Å². The van der Waals surface area contributed by atoms with Gasteiger partial charge in [-0.15, -0.1) is 0 Å². The van der Waals surface area contributed by atoms with Gasteiger partial charge in [-0.25, -0.2) is 9.67 Å². The van der Waals surface area contributed by atoms with Gasteiger partial charge in [0.25, 0.3) is 5.91 Å². The van der Waals surface area contributed by atoms with Gasteiger partial charge in [-0.1, -0.05) is 17.9 Å². The van der Waals surface area contributed by atoms with Gasteiger partial charge in [0.1, 0.15) is 5.92 Å². The maximum Gasteiger partial charge on any atom is 0.269 e. The van der Waals surface area contributed by atoms with E-state index >= 15 is 0 Å². The fourth-order valence-electron chi connectivity index (χ4n) is 3.44. The van der Waals surface area contributed by atoms with E-state index in [1.807, 2.05) is 31.2 Å². The van der Waals surface area contributed by atoms with E-state index in [1.54, 1.807) is 22.7 Å². The van der Waals surface area contributed by atoms with E-state index < -0.39 is 5.91 Å². The second-order valence-corrected chi connectivity index (χ2v) is 7.02. The number of benzene rings is 1. The van der Waals surface area contributed by atoms with Gasteiger partial charge in [0.05, 0.1) is 23.2 Å². The zero-order valence-corrected chi connectivity index (χ0v) is 16.8. The molecular formula is C22H21N5O3. The molecule has 1 aliphatic heterocycles. The van der Waals surface area contributed by atoms with Crippen LogP contribution in [0.2, 0.25) is 0 Å². The molecule has 8 nitrogen and oxygen atoms in total. The first kappa shape index (κ1) is 19.5. The molecule has 0 aliphatic carbocycles. The quantitative estimate of drug-likeness (QED) is 0.669. The normalized spacial score (nSPS) is 15.9. The lowest BCUT2D eigenvalue weighted by molar-refractivity contribution is -0.128. The molecule has 3 aromatic rings. The number of ether oxygens (including phenoxy) is 1. The van der Waals surface area contributed by atoms with E-state index in [-0.39, 0.29) is 17.5 Å². The summed E-state index contributed by atoms with van der Waals surface area (Å²) < 4.78 is 7.11. The largest absolute Gasteiger partial charge is 0.478 e. The average Bonchev–Trinajstić information content (AvgIpc) is 3.27. The number of nitrogens with two attached hydrogens (primary N) is 1. The Morgan fingerprint density at radius 1 is 1.37 bits per heavy atom. The molecule has 8 heteroatoms. The molecule has 4 rings (SSSR count). The maximum atomic E-state index is 12.1. The molecule has 2 N–H and O–H groups in total. The van der Waals surface area contributed by atoms with Crippen LogP contribution in [0.25, 0.3) is 16.6 Å². The van der Waals surface area contributed by atoms with Crippen LogP contribution < -0.4 is 10.5 Å². The standard InChI is InChI=1S/C22H21N5O3/c1-3-30-19-12-18-17(13-24-19)20(21(23)28)25-27(18)16-6-4-5-14(11-16)7-8-15-9-10-26(2)22(15)29/h4-6,11-13,15H,3,9-10H2,1-2H3,(H2,23,28). The number of pyridine rings is 1. The van der Waals surface area contributed by atoms with E-state index in [0.717, 1.165) is 18.5 Å². The minimum atomic E-state index is -0.635. The number of rotatable bonds is 4. The molecule has 2 aromatic heterocycles. The summed E-state index contributed by atoms with van der Waals surface area (Å²) in [5.74, 6) is 5.74. The predicted octanol–water partition coefficient (Wildman–Crippen LogP) is 1.75. The summed E-state index contributed by atoms with van der Waals surface area (Å²) >= 11 is 0. The number of hydrogen-bond donors (Lipinski definition) is 1. The molecule has 30 heavy (non-hydrogen) atoms. The SMILES string of the molecule is CCOc1cc2c(cn1)c(C(N)=O)nn2-c1cccc(C#CC2CCN(C)C2=O)c1. The molecule has 3 heterocycles. The first-order valence-electron chi connectivity index (χ1n) is 9.66. The third kappa shape index (κ3) is 3.57. The molecule has 152 valence electrons. The van der Waals surface area contributed by atoms with Crippen molar-refractivity contribution in [2.45, 2.75) is 13.3 Å². The minimum Gasteiger partial charge on any atom is -0.478 e. The molecule has 1 saturated heterocycles. The van der Waals surface area contributed by atoms with Crippen molar-refractivity contribution in [3.63, 3.8) is 0 Å². The number of hydrogen-bond acceptors (Lipinski definition) is 5. The van der Waals surface area contributed by atoms with Crippen LogP contribution in [0.4, 0.5) is 0 Å². The highest BCUT2D eigenvalue weighted by molar-refractivity contribution is 6.04. The number of amides is 2. The highest BCUT2D eigenvalue weighted by atomic mass is 16.5. The summed E-state index contributed by atoms with van der Waals surface area (Å²) in [6.07, 6.45) is 2.27. The van der Waals surface area contributed by atoms with E-state index in [2.05, 4.69) is 21.9 Å². The number of likely N-dealkylation sites (tertiary alicyclic amines) is 1. The van der Waals surface area contributed by atoms with Gasteiger partial charge in [0.2, 0.25) is 11.8 Å². The van der Waals surface area contributed by atoms with Crippen LogP contribution in [-0.4, -0.2) is 51.7 Å². The molecule has 2 amide bonds. The molecule has 1 unspecified atom stereocenters. The molecule has 1 aliphatic rings. The van der Waals surface area contributed by atoms with E-state index in [0.29, 0.717) is 29.1 Å². The molecular weight excluding hydrogens is 382 g/mol. The molecule has 1 fully saturated rings. The summed E-state index contributed by atoms with van der Waals surface area (Å²) in [6.45, 7) is 3.06.